The largest absolute Gasteiger partial charge is 0.338 e. The number of imidazole rings is 1. The van der Waals surface area contributed by atoms with Crippen molar-refractivity contribution in [2.75, 3.05) is 18.4 Å². The van der Waals surface area contributed by atoms with Gasteiger partial charge in [0.1, 0.15) is 0 Å². The van der Waals surface area contributed by atoms with E-state index in [-0.39, 0.29) is 11.8 Å². The van der Waals surface area contributed by atoms with Gasteiger partial charge in [0.15, 0.2) is 0 Å². The summed E-state index contributed by atoms with van der Waals surface area (Å²) in [6, 6.07) is 13.2. The first-order chi connectivity index (χ1) is 15.6. The van der Waals surface area contributed by atoms with E-state index >= 15 is 0 Å². The summed E-state index contributed by atoms with van der Waals surface area (Å²) >= 11 is 0. The van der Waals surface area contributed by atoms with Gasteiger partial charge in [-0.15, -0.1) is 0 Å². The third kappa shape index (κ3) is 4.01. The topological polar surface area (TPSA) is 67.2 Å². The normalized spacial score (nSPS) is 19.4. The molecule has 0 bridgehead atoms. The van der Waals surface area contributed by atoms with Crippen LogP contribution in [0.2, 0.25) is 0 Å². The molecule has 1 saturated heterocycles. The molecule has 2 aliphatic rings. The van der Waals surface area contributed by atoms with Crippen LogP contribution < -0.4 is 5.32 Å². The number of aromatic nitrogens is 2. The summed E-state index contributed by atoms with van der Waals surface area (Å²) in [5.74, 6) is 0.353. The highest BCUT2D eigenvalue weighted by atomic mass is 16.2. The first-order valence-electron chi connectivity index (χ1n) is 11.8. The molecule has 6 nitrogen and oxygen atoms in total. The second-order valence-electron chi connectivity index (χ2n) is 9.30. The quantitative estimate of drug-likeness (QED) is 0.613. The molecule has 0 radical (unpaired) electrons. The van der Waals surface area contributed by atoms with Crippen LogP contribution in [0.1, 0.15) is 72.2 Å². The number of nitrogens with zero attached hydrogens (tertiary/aromatic N) is 3. The molecular formula is C26H30N4O2. The molecule has 1 aliphatic heterocycles. The molecule has 1 unspecified atom stereocenters. The van der Waals surface area contributed by atoms with Crippen LogP contribution >= 0.6 is 0 Å². The summed E-state index contributed by atoms with van der Waals surface area (Å²) in [6.45, 7) is 3.76. The SMILES string of the molecule is CC1CCCN(C(=O)c2cc(NC(=O)c3ccccc3)cc3ncn(C4CCCC4)c23)C1. The van der Waals surface area contributed by atoms with E-state index in [0.29, 0.717) is 28.8 Å². The molecule has 6 heteroatoms. The second-order valence-corrected chi connectivity index (χ2v) is 9.30. The number of carbonyl (C=O) groups excluding carboxylic acids is 2. The fourth-order valence-electron chi connectivity index (χ4n) is 5.20. The maximum atomic E-state index is 13.7. The standard InChI is InChI=1S/C26H30N4O2/c1-18-8-7-13-29(16-18)26(32)22-14-20(28-25(31)19-9-3-2-4-10-19)15-23-24(22)30(17-27-23)21-11-5-6-12-21/h2-4,9-10,14-15,17-18,21H,5-8,11-13,16H2,1H3,(H,28,31). The molecule has 1 aromatic heterocycles. The number of nitrogens with one attached hydrogen (secondary N) is 1. The molecule has 2 heterocycles. The van der Waals surface area contributed by atoms with E-state index in [9.17, 15) is 9.59 Å². The number of likely N-dealkylation sites (tertiary alicyclic amines) is 1. The Hall–Kier alpha value is -3.15. The van der Waals surface area contributed by atoms with Gasteiger partial charge in [-0.25, -0.2) is 4.98 Å². The number of anilines is 1. The van der Waals surface area contributed by atoms with Crippen molar-refractivity contribution in [2.45, 2.75) is 51.5 Å². The third-order valence-corrected chi connectivity index (χ3v) is 6.86. The van der Waals surface area contributed by atoms with Crippen LogP contribution in [0.25, 0.3) is 11.0 Å². The van der Waals surface area contributed by atoms with Crippen molar-refractivity contribution in [3.63, 3.8) is 0 Å². The Kier molecular flexibility index (Phi) is 5.68. The highest BCUT2D eigenvalue weighted by Crippen LogP contribution is 2.35. The van der Waals surface area contributed by atoms with Gasteiger partial charge in [-0.3, -0.25) is 9.59 Å². The summed E-state index contributed by atoms with van der Waals surface area (Å²) in [6.07, 6.45) is 8.72. The number of hydrogen-bond donors (Lipinski definition) is 1. The molecule has 0 spiro atoms. The second kappa shape index (κ2) is 8.77. The van der Waals surface area contributed by atoms with Gasteiger partial charge >= 0.3 is 0 Å². The van der Waals surface area contributed by atoms with Crippen molar-refractivity contribution in [3.05, 3.63) is 59.9 Å². The van der Waals surface area contributed by atoms with Crippen LogP contribution in [0.3, 0.4) is 0 Å². The minimum atomic E-state index is -0.190. The van der Waals surface area contributed by atoms with E-state index in [1.54, 1.807) is 12.1 Å². The van der Waals surface area contributed by atoms with Crippen LogP contribution in [-0.4, -0.2) is 39.4 Å². The monoisotopic (exact) mass is 430 g/mol. The van der Waals surface area contributed by atoms with E-state index in [0.717, 1.165) is 49.8 Å². The number of benzene rings is 2. The molecule has 1 N–H and O–H groups in total. The van der Waals surface area contributed by atoms with Crippen LogP contribution in [0, 0.1) is 5.92 Å². The van der Waals surface area contributed by atoms with E-state index in [2.05, 4.69) is 21.8 Å². The summed E-state index contributed by atoms with van der Waals surface area (Å²) in [5.41, 5.74) is 3.50. The van der Waals surface area contributed by atoms with Crippen LogP contribution in [-0.2, 0) is 0 Å². The summed E-state index contributed by atoms with van der Waals surface area (Å²) in [4.78, 5) is 33.1. The molecule has 5 rings (SSSR count). The van der Waals surface area contributed by atoms with Crippen LogP contribution in [0.4, 0.5) is 5.69 Å². The van der Waals surface area contributed by atoms with Crippen molar-refractivity contribution in [3.8, 4) is 0 Å². The molecule has 1 atom stereocenters. The lowest BCUT2D eigenvalue weighted by Gasteiger charge is -2.31. The number of piperidine rings is 1. The Labute approximate surface area is 188 Å². The molecule has 2 amide bonds. The number of carbonyl (C=O) groups is 2. The molecule has 3 aromatic rings. The fourth-order valence-corrected chi connectivity index (χ4v) is 5.20. The van der Waals surface area contributed by atoms with Gasteiger partial charge in [-0.05, 0) is 55.9 Å². The number of amides is 2. The lowest BCUT2D eigenvalue weighted by atomic mass is 9.99. The zero-order valence-electron chi connectivity index (χ0n) is 18.6. The van der Waals surface area contributed by atoms with Crippen LogP contribution in [0.5, 0.6) is 0 Å². The summed E-state index contributed by atoms with van der Waals surface area (Å²) < 4.78 is 2.20. The lowest BCUT2D eigenvalue weighted by Crippen LogP contribution is -2.39. The van der Waals surface area contributed by atoms with E-state index in [1.165, 1.54) is 12.8 Å². The van der Waals surface area contributed by atoms with Gasteiger partial charge in [-0.2, -0.15) is 0 Å². The highest BCUT2D eigenvalue weighted by Gasteiger charge is 2.27. The number of fused-ring (bicyclic) bond motifs is 1. The van der Waals surface area contributed by atoms with Gasteiger partial charge in [-0.1, -0.05) is 38.0 Å². The Morgan fingerprint density at radius 1 is 1.03 bits per heavy atom. The average molecular weight is 431 g/mol. The summed E-state index contributed by atoms with van der Waals surface area (Å²) in [7, 11) is 0. The minimum Gasteiger partial charge on any atom is -0.338 e. The molecule has 166 valence electrons. The van der Waals surface area contributed by atoms with Gasteiger partial charge in [0.25, 0.3) is 11.8 Å². The predicted octanol–water partition coefficient (Wildman–Crippen LogP) is 5.28. The number of hydrogen-bond acceptors (Lipinski definition) is 3. The fraction of sp³-hybridized carbons (Fsp3) is 0.423. The smallest absolute Gasteiger partial charge is 0.256 e. The molecule has 2 aromatic carbocycles. The van der Waals surface area contributed by atoms with E-state index < -0.39 is 0 Å². The first-order valence-corrected chi connectivity index (χ1v) is 11.8. The molecule has 32 heavy (non-hydrogen) atoms. The van der Waals surface area contributed by atoms with Gasteiger partial charge < -0.3 is 14.8 Å². The Morgan fingerprint density at radius 2 is 1.81 bits per heavy atom. The zero-order chi connectivity index (χ0) is 22.1. The van der Waals surface area contributed by atoms with E-state index in [4.69, 9.17) is 0 Å². The van der Waals surface area contributed by atoms with Gasteiger partial charge in [0.05, 0.1) is 22.9 Å². The Morgan fingerprint density at radius 3 is 2.56 bits per heavy atom. The van der Waals surface area contributed by atoms with Crippen molar-refractivity contribution >= 4 is 28.5 Å². The van der Waals surface area contributed by atoms with Crippen molar-refractivity contribution in [1.82, 2.24) is 14.5 Å². The zero-order valence-corrected chi connectivity index (χ0v) is 18.6. The summed E-state index contributed by atoms with van der Waals surface area (Å²) in [5, 5.41) is 2.98. The molecular weight excluding hydrogens is 400 g/mol. The molecule has 2 fully saturated rings. The Bertz CT molecular complexity index is 1130. The minimum absolute atomic E-state index is 0.0390. The number of rotatable bonds is 4. The van der Waals surface area contributed by atoms with Crippen molar-refractivity contribution < 1.29 is 9.59 Å². The lowest BCUT2D eigenvalue weighted by molar-refractivity contribution is 0.0684. The Balaban J connectivity index is 1.55. The predicted molar refractivity (Wildman–Crippen MR) is 126 cm³/mol. The average Bonchev–Trinajstić information content (AvgIpc) is 3.48. The third-order valence-electron chi connectivity index (χ3n) is 6.86. The molecule has 1 aliphatic carbocycles. The van der Waals surface area contributed by atoms with Crippen molar-refractivity contribution in [2.24, 2.45) is 5.92 Å². The van der Waals surface area contributed by atoms with Crippen molar-refractivity contribution in [1.29, 1.82) is 0 Å². The maximum Gasteiger partial charge on any atom is 0.256 e. The van der Waals surface area contributed by atoms with Gasteiger partial charge in [0.2, 0.25) is 0 Å². The maximum absolute atomic E-state index is 13.7. The highest BCUT2D eigenvalue weighted by molar-refractivity contribution is 6.09. The molecule has 1 saturated carbocycles. The van der Waals surface area contributed by atoms with Gasteiger partial charge in [0, 0.05) is 30.4 Å². The first kappa shape index (κ1) is 20.7. The van der Waals surface area contributed by atoms with E-state index in [1.807, 2.05) is 41.6 Å². The van der Waals surface area contributed by atoms with Crippen LogP contribution in [0.15, 0.2) is 48.8 Å².